The topological polar surface area (TPSA) is 69.4 Å². The number of ether oxygens (including phenoxy) is 1. The molecular weight excluding hydrogens is 162 g/mol. The van der Waals surface area contributed by atoms with E-state index in [1.165, 1.54) is 0 Å². The zero-order valence-corrected chi connectivity index (χ0v) is 6.44. The van der Waals surface area contributed by atoms with Crippen LogP contribution < -0.4 is 5.43 Å². The van der Waals surface area contributed by atoms with Crippen LogP contribution in [-0.4, -0.2) is 17.7 Å². The summed E-state index contributed by atoms with van der Waals surface area (Å²) in [6, 6.07) is 1.11. The molecule has 1 aromatic rings. The molecule has 0 radical (unpaired) electrons. The normalized spacial score (nSPS) is 9.42. The van der Waals surface area contributed by atoms with Crippen LogP contribution in [0.15, 0.2) is 21.6 Å². The highest BCUT2D eigenvalue weighted by Gasteiger charge is 2.12. The molecule has 0 amide bonds. The first-order chi connectivity index (χ1) is 5.75. The van der Waals surface area contributed by atoms with Crippen LogP contribution >= 0.6 is 0 Å². The highest BCUT2D eigenvalue weighted by atomic mass is 16.5. The Labute approximate surface area is 67.9 Å². The molecule has 12 heavy (non-hydrogen) atoms. The molecule has 0 aromatic carbocycles. The first kappa shape index (κ1) is 8.45. The second-order valence-corrected chi connectivity index (χ2v) is 1.93. The van der Waals surface area contributed by atoms with Crippen LogP contribution in [0.5, 0.6) is 0 Å². The van der Waals surface area contributed by atoms with E-state index in [1.54, 1.807) is 6.92 Å². The molecule has 0 bridgehead atoms. The van der Waals surface area contributed by atoms with Gasteiger partial charge in [0.15, 0.2) is 0 Å². The Morgan fingerprint density at radius 1 is 1.75 bits per heavy atom. The van der Waals surface area contributed by atoms with Crippen LogP contribution in [-0.2, 0) is 4.74 Å². The molecule has 1 aromatic heterocycles. The van der Waals surface area contributed by atoms with Gasteiger partial charge in [0.25, 0.3) is 0 Å². The number of carbonyl (C=O) groups excluding carboxylic acids is 1. The van der Waals surface area contributed by atoms with E-state index in [1.807, 2.05) is 0 Å². The predicted octanol–water partition coefficient (Wildman–Crippen LogP) is 0.211. The summed E-state index contributed by atoms with van der Waals surface area (Å²) in [5.41, 5.74) is -0.820. The Kier molecular flexibility index (Phi) is 2.57. The Hall–Kier alpha value is -1.65. The fourth-order valence-electron chi connectivity index (χ4n) is 0.637. The molecule has 0 spiro atoms. The summed E-state index contributed by atoms with van der Waals surface area (Å²) >= 11 is 0. The molecule has 1 heterocycles. The predicted molar refractivity (Wildman–Crippen MR) is 38.7 cm³/mol. The Bertz CT molecular complexity index is 330. The van der Waals surface area contributed by atoms with Gasteiger partial charge in [0.05, 0.1) is 6.61 Å². The maximum Gasteiger partial charge on any atom is 0.364 e. The lowest BCUT2D eigenvalue weighted by atomic mass is 10.4. The highest BCUT2D eigenvalue weighted by Crippen LogP contribution is 1.89. The van der Waals surface area contributed by atoms with Gasteiger partial charge in [-0.1, -0.05) is 5.16 Å². The zero-order chi connectivity index (χ0) is 8.97. The average Bonchev–Trinajstić information content (AvgIpc) is 2.05. The summed E-state index contributed by atoms with van der Waals surface area (Å²) in [7, 11) is 0. The van der Waals surface area contributed by atoms with Gasteiger partial charge in [-0.2, -0.15) is 0 Å². The smallest absolute Gasteiger partial charge is 0.364 e. The second-order valence-electron chi connectivity index (χ2n) is 1.93. The third-order valence-corrected chi connectivity index (χ3v) is 1.13. The Morgan fingerprint density at radius 3 is 3.08 bits per heavy atom. The molecular formula is C7H7NO4. The second kappa shape index (κ2) is 3.66. The van der Waals surface area contributed by atoms with Crippen molar-refractivity contribution in [1.82, 2.24) is 5.16 Å². The Balaban J connectivity index is 2.95. The lowest BCUT2D eigenvalue weighted by molar-refractivity contribution is 0.0508. The number of hydrogen-bond donors (Lipinski definition) is 0. The van der Waals surface area contributed by atoms with E-state index in [0.717, 1.165) is 12.3 Å². The summed E-state index contributed by atoms with van der Waals surface area (Å²) in [5.74, 6) is -0.758. The quantitative estimate of drug-likeness (QED) is 0.592. The van der Waals surface area contributed by atoms with E-state index in [0.29, 0.717) is 0 Å². The van der Waals surface area contributed by atoms with E-state index in [4.69, 9.17) is 0 Å². The molecule has 0 fully saturated rings. The number of carbonyl (C=O) groups is 1. The summed E-state index contributed by atoms with van der Waals surface area (Å²) in [6.45, 7) is 1.84. The van der Waals surface area contributed by atoms with Crippen LogP contribution in [0.25, 0.3) is 0 Å². The number of hydrogen-bond acceptors (Lipinski definition) is 5. The summed E-state index contributed by atoms with van der Waals surface area (Å²) < 4.78 is 8.95. The van der Waals surface area contributed by atoms with Crippen molar-refractivity contribution >= 4 is 5.97 Å². The lowest BCUT2D eigenvalue weighted by Gasteiger charge is -1.96. The van der Waals surface area contributed by atoms with Crippen LogP contribution in [0, 0.1) is 0 Å². The standard InChI is InChI=1S/C7H7NO4/c1-2-11-7(10)6-5(9)3-4-12-8-6/h3-4H,2H2,1H3. The minimum absolute atomic E-state index is 0.203. The van der Waals surface area contributed by atoms with Gasteiger partial charge in [-0.15, -0.1) is 0 Å². The van der Waals surface area contributed by atoms with Gasteiger partial charge in [-0.25, -0.2) is 4.79 Å². The molecule has 0 saturated carbocycles. The largest absolute Gasteiger partial charge is 0.461 e. The van der Waals surface area contributed by atoms with Gasteiger partial charge in [0, 0.05) is 6.07 Å². The molecule has 1 rings (SSSR count). The molecule has 0 unspecified atom stereocenters. The monoisotopic (exact) mass is 169 g/mol. The molecule has 0 aliphatic rings. The van der Waals surface area contributed by atoms with E-state index >= 15 is 0 Å². The molecule has 0 aliphatic heterocycles. The van der Waals surface area contributed by atoms with Crippen LogP contribution in [0.4, 0.5) is 0 Å². The first-order valence-corrected chi connectivity index (χ1v) is 3.37. The van der Waals surface area contributed by atoms with E-state index in [9.17, 15) is 9.59 Å². The van der Waals surface area contributed by atoms with Gasteiger partial charge in [0.2, 0.25) is 11.1 Å². The SMILES string of the molecule is CCOC(=O)c1noccc1=O. The van der Waals surface area contributed by atoms with Crippen molar-refractivity contribution in [1.29, 1.82) is 0 Å². The maximum atomic E-state index is 10.9. The fourth-order valence-corrected chi connectivity index (χ4v) is 0.637. The van der Waals surface area contributed by atoms with Crippen molar-refractivity contribution < 1.29 is 14.1 Å². The van der Waals surface area contributed by atoms with Crippen molar-refractivity contribution in [2.45, 2.75) is 6.92 Å². The van der Waals surface area contributed by atoms with Crippen LogP contribution in [0.3, 0.4) is 0 Å². The molecule has 0 N–H and O–H groups in total. The lowest BCUT2D eigenvalue weighted by Crippen LogP contribution is -2.18. The van der Waals surface area contributed by atoms with E-state index in [2.05, 4.69) is 14.4 Å². The number of esters is 1. The third-order valence-electron chi connectivity index (χ3n) is 1.13. The number of aromatic nitrogens is 1. The average molecular weight is 169 g/mol. The highest BCUT2D eigenvalue weighted by molar-refractivity contribution is 5.86. The number of rotatable bonds is 2. The minimum atomic E-state index is -0.758. The van der Waals surface area contributed by atoms with Gasteiger partial charge < -0.3 is 9.26 Å². The zero-order valence-electron chi connectivity index (χ0n) is 6.44. The summed E-state index contributed by atoms with van der Waals surface area (Å²) in [5, 5.41) is 3.23. The summed E-state index contributed by atoms with van der Waals surface area (Å²) in [6.07, 6.45) is 1.10. The Morgan fingerprint density at radius 2 is 2.50 bits per heavy atom. The fraction of sp³-hybridized carbons (Fsp3) is 0.286. The van der Waals surface area contributed by atoms with Gasteiger partial charge in [-0.3, -0.25) is 4.79 Å². The van der Waals surface area contributed by atoms with Gasteiger partial charge >= 0.3 is 5.97 Å². The van der Waals surface area contributed by atoms with Crippen molar-refractivity contribution in [3.8, 4) is 0 Å². The molecule has 5 heteroatoms. The van der Waals surface area contributed by atoms with Crippen molar-refractivity contribution in [2.24, 2.45) is 0 Å². The van der Waals surface area contributed by atoms with Crippen molar-refractivity contribution in [3.05, 3.63) is 28.2 Å². The number of nitrogens with zero attached hydrogens (tertiary/aromatic N) is 1. The van der Waals surface area contributed by atoms with Gasteiger partial charge in [-0.05, 0) is 6.92 Å². The molecule has 0 saturated heterocycles. The van der Waals surface area contributed by atoms with E-state index < -0.39 is 11.4 Å². The first-order valence-electron chi connectivity index (χ1n) is 3.37. The van der Waals surface area contributed by atoms with E-state index in [-0.39, 0.29) is 12.3 Å². The maximum absolute atomic E-state index is 10.9. The third kappa shape index (κ3) is 1.69. The minimum Gasteiger partial charge on any atom is -0.461 e. The molecule has 0 atom stereocenters. The van der Waals surface area contributed by atoms with Gasteiger partial charge in [0.1, 0.15) is 6.26 Å². The van der Waals surface area contributed by atoms with Crippen molar-refractivity contribution in [3.63, 3.8) is 0 Å². The van der Waals surface area contributed by atoms with Crippen molar-refractivity contribution in [2.75, 3.05) is 6.61 Å². The molecule has 0 aliphatic carbocycles. The van der Waals surface area contributed by atoms with Crippen LogP contribution in [0.1, 0.15) is 17.4 Å². The molecule has 5 nitrogen and oxygen atoms in total. The van der Waals surface area contributed by atoms with Crippen LogP contribution in [0.2, 0.25) is 0 Å². The summed E-state index contributed by atoms with van der Waals surface area (Å²) in [4.78, 5) is 21.8. The molecule has 64 valence electrons.